The van der Waals surface area contributed by atoms with Crippen molar-refractivity contribution in [1.82, 2.24) is 34.7 Å². The summed E-state index contributed by atoms with van der Waals surface area (Å²) in [7, 11) is 0. The van der Waals surface area contributed by atoms with Crippen molar-refractivity contribution in [3.8, 4) is 22.5 Å². The molecule has 0 unspecified atom stereocenters. The first-order valence-corrected chi connectivity index (χ1v) is 19.5. The number of tetrazole rings is 1. The summed E-state index contributed by atoms with van der Waals surface area (Å²) < 4.78 is 4.29. The van der Waals surface area contributed by atoms with Crippen LogP contribution >= 0.6 is 0 Å². The van der Waals surface area contributed by atoms with E-state index in [0.29, 0.717) is 11.5 Å². The fourth-order valence-corrected chi connectivity index (χ4v) is 8.71. The Morgan fingerprint density at radius 2 is 1.38 bits per heavy atom. The molecule has 0 radical (unpaired) electrons. The summed E-state index contributed by atoms with van der Waals surface area (Å²) in [5.41, 5.74) is 11.1. The maximum atomic E-state index is 13.1. The van der Waals surface area contributed by atoms with Gasteiger partial charge in [0.2, 0.25) is 0 Å². The van der Waals surface area contributed by atoms with E-state index >= 15 is 0 Å². The molecule has 9 rings (SSSR count). The van der Waals surface area contributed by atoms with Crippen molar-refractivity contribution in [2.24, 2.45) is 5.92 Å². The summed E-state index contributed by atoms with van der Waals surface area (Å²) in [5, 5.41) is 14.0. The average molecular weight is 734 g/mol. The zero-order valence-electron chi connectivity index (χ0n) is 32.1. The first kappa shape index (κ1) is 35.2. The summed E-state index contributed by atoms with van der Waals surface area (Å²) in [6.07, 6.45) is 2.61. The third-order valence-corrected chi connectivity index (χ3v) is 11.3. The van der Waals surface area contributed by atoms with Crippen LogP contribution in [0.1, 0.15) is 82.9 Å². The Morgan fingerprint density at radius 3 is 1.98 bits per heavy atom. The molecule has 0 saturated carbocycles. The number of pyridine rings is 1. The number of fused-ring (bicyclic) bond motifs is 2. The van der Waals surface area contributed by atoms with E-state index in [1.807, 2.05) is 49.7 Å². The molecule has 8 nitrogen and oxygen atoms in total. The van der Waals surface area contributed by atoms with Gasteiger partial charge in [-0.15, -0.1) is 5.10 Å². The van der Waals surface area contributed by atoms with E-state index in [9.17, 15) is 4.79 Å². The SMILES string of the molecule is CCc1nc2c(C)cc(C(=O)C(C)C)nc2n1[C@H]1CCc2cc(-c3ccccc3-c3nnnn3C(c3ccccc3)(c3ccccc3)c3ccccc3)ccc21. The Balaban J connectivity index is 1.18. The van der Waals surface area contributed by atoms with E-state index in [4.69, 9.17) is 20.3 Å². The number of aromatic nitrogens is 7. The second kappa shape index (κ2) is 14.3. The van der Waals surface area contributed by atoms with E-state index in [1.165, 1.54) is 11.1 Å². The second-order valence-electron chi connectivity index (χ2n) is 15.0. The van der Waals surface area contributed by atoms with Gasteiger partial charge < -0.3 is 4.57 Å². The molecular formula is C48H43N7O. The largest absolute Gasteiger partial charge is 0.305 e. The van der Waals surface area contributed by atoms with E-state index < -0.39 is 5.54 Å². The Labute approximate surface area is 326 Å². The summed E-state index contributed by atoms with van der Waals surface area (Å²) in [6.45, 7) is 8.02. The highest BCUT2D eigenvalue weighted by Crippen LogP contribution is 2.45. The summed E-state index contributed by atoms with van der Waals surface area (Å²) in [6, 6.07) is 48.7. The predicted octanol–water partition coefficient (Wildman–Crippen LogP) is 9.84. The molecule has 3 heterocycles. The molecule has 0 aliphatic heterocycles. The van der Waals surface area contributed by atoms with Crippen LogP contribution in [0.4, 0.5) is 0 Å². The summed E-state index contributed by atoms with van der Waals surface area (Å²) in [4.78, 5) is 23.2. The number of ketones is 1. The van der Waals surface area contributed by atoms with Crippen LogP contribution in [0.2, 0.25) is 0 Å². The van der Waals surface area contributed by atoms with Crippen LogP contribution in [0.25, 0.3) is 33.7 Å². The van der Waals surface area contributed by atoms with Crippen molar-refractivity contribution in [2.75, 3.05) is 0 Å². The molecule has 8 aromatic rings. The van der Waals surface area contributed by atoms with Gasteiger partial charge in [-0.1, -0.05) is 154 Å². The van der Waals surface area contributed by atoms with Gasteiger partial charge in [-0.3, -0.25) is 4.79 Å². The van der Waals surface area contributed by atoms with Crippen molar-refractivity contribution < 1.29 is 4.79 Å². The fraction of sp³-hybridized carbons (Fsp3) is 0.208. The van der Waals surface area contributed by atoms with Gasteiger partial charge in [-0.05, 0) is 80.8 Å². The van der Waals surface area contributed by atoms with Crippen molar-refractivity contribution in [2.45, 2.75) is 58.5 Å². The Hall–Kier alpha value is -6.54. The highest BCUT2D eigenvalue weighted by molar-refractivity contribution is 5.97. The number of nitrogens with zero attached hydrogens (tertiary/aromatic N) is 7. The molecule has 5 aromatic carbocycles. The molecule has 0 bridgehead atoms. The smallest absolute Gasteiger partial charge is 0.184 e. The standard InChI is InChI=1S/C48H43N7O/c1-5-43-50-44-32(4)29-41(45(56)31(2)3)49-47(44)54(43)42-28-26-34-30-33(25-27-39(34)42)38-23-15-16-24-40(38)46-51-52-53-55(46)48(35-17-9-6-10-18-35,36-19-11-7-12-20-36)37-21-13-8-14-22-37/h6-25,27,29-31,42H,5,26,28H2,1-4H3/t42-/m0/s1. The molecule has 276 valence electrons. The maximum absolute atomic E-state index is 13.1. The molecule has 0 saturated heterocycles. The van der Waals surface area contributed by atoms with Crippen LogP contribution in [0.5, 0.6) is 0 Å². The molecular weight excluding hydrogens is 691 g/mol. The van der Waals surface area contributed by atoms with Gasteiger partial charge in [-0.25, -0.2) is 14.6 Å². The number of aryl methyl sites for hydroxylation is 3. The van der Waals surface area contributed by atoms with Gasteiger partial charge in [-0.2, -0.15) is 0 Å². The van der Waals surface area contributed by atoms with E-state index in [-0.39, 0.29) is 17.7 Å². The van der Waals surface area contributed by atoms with Gasteiger partial charge >= 0.3 is 0 Å². The van der Waals surface area contributed by atoms with Crippen LogP contribution in [-0.4, -0.2) is 40.5 Å². The topological polar surface area (TPSA) is 91.4 Å². The Morgan fingerprint density at radius 1 is 0.768 bits per heavy atom. The van der Waals surface area contributed by atoms with Crippen molar-refractivity contribution in [1.29, 1.82) is 0 Å². The van der Waals surface area contributed by atoms with Gasteiger partial charge in [0.15, 0.2) is 17.3 Å². The first-order valence-electron chi connectivity index (χ1n) is 19.5. The molecule has 8 heteroatoms. The fourth-order valence-electron chi connectivity index (χ4n) is 8.71. The maximum Gasteiger partial charge on any atom is 0.184 e. The Bertz CT molecular complexity index is 2600. The lowest BCUT2D eigenvalue weighted by Gasteiger charge is -2.36. The van der Waals surface area contributed by atoms with Gasteiger partial charge in [0, 0.05) is 17.9 Å². The first-order chi connectivity index (χ1) is 27.4. The number of carbonyl (C=O) groups excluding carboxylic acids is 1. The minimum atomic E-state index is -0.864. The number of hydrogen-bond donors (Lipinski definition) is 0. The van der Waals surface area contributed by atoms with Crippen LogP contribution in [0, 0.1) is 12.8 Å². The van der Waals surface area contributed by atoms with Gasteiger partial charge in [0.05, 0.1) is 6.04 Å². The molecule has 1 aliphatic rings. The minimum absolute atomic E-state index is 0.0514. The van der Waals surface area contributed by atoms with E-state index in [2.05, 4.69) is 132 Å². The van der Waals surface area contributed by atoms with Crippen LogP contribution < -0.4 is 0 Å². The average Bonchev–Trinajstić information content (AvgIpc) is 3.99. The number of carbonyl (C=O) groups is 1. The lowest BCUT2D eigenvalue weighted by molar-refractivity contribution is 0.0934. The molecule has 0 fully saturated rings. The van der Waals surface area contributed by atoms with E-state index in [0.717, 1.165) is 75.2 Å². The molecule has 1 aliphatic carbocycles. The second-order valence-corrected chi connectivity index (χ2v) is 15.0. The van der Waals surface area contributed by atoms with Gasteiger partial charge in [0.1, 0.15) is 22.6 Å². The molecule has 0 N–H and O–H groups in total. The molecule has 1 atom stereocenters. The third-order valence-electron chi connectivity index (χ3n) is 11.3. The number of imidazole rings is 1. The zero-order valence-corrected chi connectivity index (χ0v) is 32.1. The van der Waals surface area contributed by atoms with Crippen molar-refractivity contribution >= 4 is 16.9 Å². The minimum Gasteiger partial charge on any atom is -0.305 e. The number of Topliss-reactive ketones (excluding diaryl/α,β-unsaturated/α-hetero) is 1. The summed E-state index contributed by atoms with van der Waals surface area (Å²) in [5.74, 6) is 1.57. The molecule has 56 heavy (non-hydrogen) atoms. The number of benzene rings is 5. The van der Waals surface area contributed by atoms with Crippen molar-refractivity contribution in [3.63, 3.8) is 0 Å². The van der Waals surface area contributed by atoms with Crippen LogP contribution in [0.3, 0.4) is 0 Å². The molecule has 3 aromatic heterocycles. The van der Waals surface area contributed by atoms with Crippen LogP contribution in [-0.2, 0) is 18.4 Å². The quantitative estimate of drug-likeness (QED) is 0.103. The monoisotopic (exact) mass is 733 g/mol. The van der Waals surface area contributed by atoms with Crippen LogP contribution in [0.15, 0.2) is 140 Å². The lowest BCUT2D eigenvalue weighted by atomic mass is 9.77. The highest BCUT2D eigenvalue weighted by Gasteiger charge is 2.42. The number of rotatable bonds is 10. The Kier molecular flexibility index (Phi) is 8.96. The van der Waals surface area contributed by atoms with Gasteiger partial charge in [0.25, 0.3) is 0 Å². The third kappa shape index (κ3) is 5.67. The van der Waals surface area contributed by atoms with E-state index in [1.54, 1.807) is 0 Å². The lowest BCUT2D eigenvalue weighted by Crippen LogP contribution is -2.39. The normalized spacial score (nSPS) is 14.1. The highest BCUT2D eigenvalue weighted by atomic mass is 16.1. The molecule has 0 spiro atoms. The van der Waals surface area contributed by atoms with Crippen molar-refractivity contribution in [3.05, 3.63) is 184 Å². The zero-order chi connectivity index (χ0) is 38.4. The summed E-state index contributed by atoms with van der Waals surface area (Å²) >= 11 is 0. The molecule has 0 amide bonds. The number of hydrogen-bond acceptors (Lipinski definition) is 6. The predicted molar refractivity (Wildman–Crippen MR) is 221 cm³/mol.